The highest BCUT2D eigenvalue weighted by molar-refractivity contribution is 8.00. The van der Waals surface area contributed by atoms with Crippen LogP contribution in [0.5, 0.6) is 0 Å². The maximum Gasteiger partial charge on any atom is 0.326 e. The van der Waals surface area contributed by atoms with Crippen LogP contribution in [0.25, 0.3) is 0 Å². The van der Waals surface area contributed by atoms with Gasteiger partial charge in [-0.1, -0.05) is 6.92 Å². The van der Waals surface area contributed by atoms with E-state index in [0.29, 0.717) is 24.7 Å². The number of rotatable bonds is 5. The molecule has 2 aliphatic rings. The van der Waals surface area contributed by atoms with Crippen molar-refractivity contribution >= 4 is 39.3 Å². The van der Waals surface area contributed by atoms with Crippen LogP contribution in [0.1, 0.15) is 26.7 Å². The molecule has 1 amide bonds. The largest absolute Gasteiger partial charge is 0.465 e. The van der Waals surface area contributed by atoms with Gasteiger partial charge in [0.05, 0.1) is 22.9 Å². The number of benzene rings is 1. The zero-order chi connectivity index (χ0) is 19.6. The highest BCUT2D eigenvalue weighted by atomic mass is 32.2. The Labute approximate surface area is 164 Å². The lowest BCUT2D eigenvalue weighted by Crippen LogP contribution is -2.40. The summed E-state index contributed by atoms with van der Waals surface area (Å²) in [5.41, 5.74) is 0.454. The minimum Gasteiger partial charge on any atom is -0.465 e. The number of carbonyl (C=O) groups is 2. The van der Waals surface area contributed by atoms with Crippen LogP contribution in [-0.4, -0.2) is 56.6 Å². The molecule has 7 nitrogen and oxygen atoms in total. The molecule has 27 heavy (non-hydrogen) atoms. The Hall–Kier alpha value is -1.58. The van der Waals surface area contributed by atoms with Crippen molar-refractivity contribution in [2.24, 2.45) is 5.92 Å². The van der Waals surface area contributed by atoms with E-state index in [4.69, 9.17) is 4.74 Å². The second-order valence-corrected chi connectivity index (χ2v) is 9.74. The lowest BCUT2D eigenvalue weighted by molar-refractivity contribution is -0.142. The smallest absolute Gasteiger partial charge is 0.326 e. The highest BCUT2D eigenvalue weighted by Crippen LogP contribution is 2.37. The number of carbonyl (C=O) groups excluding carboxylic acids is 2. The Morgan fingerprint density at radius 1 is 1.30 bits per heavy atom. The average Bonchev–Trinajstić information content (AvgIpc) is 2.64. The molecule has 0 aromatic heterocycles. The van der Waals surface area contributed by atoms with Gasteiger partial charge in [0.25, 0.3) is 0 Å². The number of fused-ring (bicyclic) bond motifs is 1. The Morgan fingerprint density at radius 2 is 2.00 bits per heavy atom. The molecule has 0 spiro atoms. The number of amides is 1. The summed E-state index contributed by atoms with van der Waals surface area (Å²) >= 11 is 1.34. The second-order valence-electron chi connectivity index (χ2n) is 6.79. The molecular formula is C18H24N2O5S2. The Bertz CT molecular complexity index is 832. The van der Waals surface area contributed by atoms with Crippen LogP contribution in [0.15, 0.2) is 28.0 Å². The third kappa shape index (κ3) is 4.30. The van der Waals surface area contributed by atoms with Gasteiger partial charge in [-0.2, -0.15) is 4.31 Å². The topological polar surface area (TPSA) is 84.0 Å². The standard InChI is InChI=1S/C18H24N2O5S2/c1-3-25-18(22)11-20-15-10-14(4-5-16(15)26-12-17(20)21)27(23,24)19-8-6-13(2)7-9-19/h4-5,10,13H,3,6-9,11-12H2,1-2H3. The number of hydrogen-bond acceptors (Lipinski definition) is 6. The van der Waals surface area contributed by atoms with E-state index in [0.717, 1.165) is 17.7 Å². The van der Waals surface area contributed by atoms with E-state index >= 15 is 0 Å². The van der Waals surface area contributed by atoms with Crippen molar-refractivity contribution in [2.45, 2.75) is 36.5 Å². The fourth-order valence-corrected chi connectivity index (χ4v) is 5.63. The van der Waals surface area contributed by atoms with Crippen molar-refractivity contribution < 1.29 is 22.7 Å². The van der Waals surface area contributed by atoms with Crippen molar-refractivity contribution in [2.75, 3.05) is 36.9 Å². The van der Waals surface area contributed by atoms with Gasteiger partial charge in [-0.25, -0.2) is 8.42 Å². The van der Waals surface area contributed by atoms with Gasteiger partial charge in [0.2, 0.25) is 15.9 Å². The molecule has 0 saturated carbocycles. The molecule has 2 aliphatic heterocycles. The number of nitrogens with zero attached hydrogens (tertiary/aromatic N) is 2. The molecule has 3 rings (SSSR count). The molecule has 2 heterocycles. The van der Waals surface area contributed by atoms with Gasteiger partial charge in [-0.05, 0) is 43.9 Å². The fourth-order valence-electron chi connectivity index (χ4n) is 3.23. The van der Waals surface area contributed by atoms with Crippen molar-refractivity contribution in [3.8, 4) is 0 Å². The molecule has 1 aromatic rings. The number of anilines is 1. The van der Waals surface area contributed by atoms with Gasteiger partial charge in [-0.15, -0.1) is 11.8 Å². The number of sulfonamides is 1. The van der Waals surface area contributed by atoms with E-state index in [1.165, 1.54) is 27.0 Å². The van der Waals surface area contributed by atoms with Crippen LogP contribution in [-0.2, 0) is 24.3 Å². The third-order valence-electron chi connectivity index (χ3n) is 4.85. The predicted molar refractivity (Wildman–Crippen MR) is 103 cm³/mol. The first-order valence-corrected chi connectivity index (χ1v) is 11.5. The van der Waals surface area contributed by atoms with E-state index in [1.807, 2.05) is 0 Å². The van der Waals surface area contributed by atoms with Crippen LogP contribution in [0.4, 0.5) is 5.69 Å². The number of hydrogen-bond donors (Lipinski definition) is 0. The Balaban J connectivity index is 1.91. The van der Waals surface area contributed by atoms with E-state index in [1.54, 1.807) is 19.1 Å². The quantitative estimate of drug-likeness (QED) is 0.689. The first-order chi connectivity index (χ1) is 12.8. The zero-order valence-electron chi connectivity index (χ0n) is 15.5. The molecule has 1 saturated heterocycles. The first kappa shape index (κ1) is 20.2. The summed E-state index contributed by atoms with van der Waals surface area (Å²) in [6, 6.07) is 4.80. The molecule has 1 fully saturated rings. The lowest BCUT2D eigenvalue weighted by Gasteiger charge is -2.31. The van der Waals surface area contributed by atoms with Crippen LogP contribution in [0.2, 0.25) is 0 Å². The maximum atomic E-state index is 13.0. The molecule has 0 unspecified atom stereocenters. The molecule has 1 aromatic carbocycles. The average molecular weight is 413 g/mol. The third-order valence-corrected chi connectivity index (χ3v) is 7.79. The molecule has 0 aliphatic carbocycles. The molecule has 9 heteroatoms. The number of piperidine rings is 1. The number of thioether (sulfide) groups is 1. The number of ether oxygens (including phenoxy) is 1. The lowest BCUT2D eigenvalue weighted by atomic mass is 10.0. The summed E-state index contributed by atoms with van der Waals surface area (Å²) < 4.78 is 32.5. The van der Waals surface area contributed by atoms with Crippen LogP contribution in [0, 0.1) is 5.92 Å². The maximum absolute atomic E-state index is 13.0. The second kappa shape index (κ2) is 8.20. The van der Waals surface area contributed by atoms with Gasteiger partial charge in [0.15, 0.2) is 0 Å². The molecular weight excluding hydrogens is 388 g/mol. The molecule has 0 bridgehead atoms. The SMILES string of the molecule is CCOC(=O)CN1C(=O)CSc2ccc(S(=O)(=O)N3CCC(C)CC3)cc21. The van der Waals surface area contributed by atoms with E-state index in [2.05, 4.69) is 6.92 Å². The summed E-state index contributed by atoms with van der Waals surface area (Å²) in [5.74, 6) is -0.0133. The number of esters is 1. The van der Waals surface area contributed by atoms with Crippen LogP contribution < -0.4 is 4.90 Å². The normalized spacial score (nSPS) is 19.0. The molecule has 0 radical (unpaired) electrons. The van der Waals surface area contributed by atoms with Crippen molar-refractivity contribution in [1.82, 2.24) is 4.31 Å². The van der Waals surface area contributed by atoms with Crippen LogP contribution >= 0.6 is 11.8 Å². The summed E-state index contributed by atoms with van der Waals surface area (Å²) in [6.07, 6.45) is 1.68. The summed E-state index contributed by atoms with van der Waals surface area (Å²) in [5, 5.41) is 0. The molecule has 148 valence electrons. The predicted octanol–water partition coefficient (Wildman–Crippen LogP) is 2.11. The van der Waals surface area contributed by atoms with Gasteiger partial charge in [0, 0.05) is 18.0 Å². The van der Waals surface area contributed by atoms with E-state index in [-0.39, 0.29) is 29.7 Å². The summed E-state index contributed by atoms with van der Waals surface area (Å²) in [4.78, 5) is 26.5. The van der Waals surface area contributed by atoms with E-state index < -0.39 is 16.0 Å². The van der Waals surface area contributed by atoms with Crippen LogP contribution in [0.3, 0.4) is 0 Å². The summed E-state index contributed by atoms with van der Waals surface area (Å²) in [7, 11) is -3.63. The first-order valence-electron chi connectivity index (χ1n) is 9.06. The minimum atomic E-state index is -3.63. The fraction of sp³-hybridized carbons (Fsp3) is 0.556. The van der Waals surface area contributed by atoms with Gasteiger partial charge in [-0.3, -0.25) is 14.5 Å². The highest BCUT2D eigenvalue weighted by Gasteiger charge is 2.32. The zero-order valence-corrected chi connectivity index (χ0v) is 17.1. The molecule has 0 atom stereocenters. The van der Waals surface area contributed by atoms with Gasteiger partial charge < -0.3 is 4.74 Å². The molecule has 0 N–H and O–H groups in total. The van der Waals surface area contributed by atoms with Crippen molar-refractivity contribution in [3.63, 3.8) is 0 Å². The Morgan fingerprint density at radius 3 is 2.67 bits per heavy atom. The Kier molecular flexibility index (Phi) is 6.12. The minimum absolute atomic E-state index is 0.153. The van der Waals surface area contributed by atoms with E-state index in [9.17, 15) is 18.0 Å². The van der Waals surface area contributed by atoms with Gasteiger partial charge >= 0.3 is 5.97 Å². The van der Waals surface area contributed by atoms with Crippen molar-refractivity contribution in [1.29, 1.82) is 0 Å². The summed E-state index contributed by atoms with van der Waals surface area (Å²) in [6.45, 7) is 4.83. The van der Waals surface area contributed by atoms with Gasteiger partial charge in [0.1, 0.15) is 6.54 Å². The van der Waals surface area contributed by atoms with Crippen molar-refractivity contribution in [3.05, 3.63) is 18.2 Å². The monoisotopic (exact) mass is 412 g/mol.